The van der Waals surface area contributed by atoms with E-state index in [1.807, 2.05) is 50.2 Å². The molecular weight excluding hydrogens is 382 g/mol. The Morgan fingerprint density at radius 2 is 1.90 bits per heavy atom. The zero-order valence-electron chi connectivity index (χ0n) is 17.0. The summed E-state index contributed by atoms with van der Waals surface area (Å²) in [4.78, 5) is 17.7. The molecule has 0 saturated heterocycles. The molecule has 2 heterocycles. The average Bonchev–Trinajstić information content (AvgIpc) is 3.22. The van der Waals surface area contributed by atoms with Crippen LogP contribution in [0.5, 0.6) is 11.5 Å². The molecule has 1 aliphatic heterocycles. The minimum absolute atomic E-state index is 0.262. The summed E-state index contributed by atoms with van der Waals surface area (Å²) in [5.41, 5.74) is 2.63. The lowest BCUT2D eigenvalue weighted by Crippen LogP contribution is -2.31. The van der Waals surface area contributed by atoms with Crippen LogP contribution in [0.4, 0.5) is 11.6 Å². The number of carbonyl (C=O) groups excluding carboxylic acids is 1. The molecule has 1 atom stereocenters. The maximum Gasteiger partial charge on any atom is 0.255 e. The van der Waals surface area contributed by atoms with Crippen LogP contribution in [-0.4, -0.2) is 34.4 Å². The van der Waals surface area contributed by atoms with Crippen LogP contribution < -0.4 is 20.1 Å². The van der Waals surface area contributed by atoms with Crippen LogP contribution >= 0.6 is 0 Å². The van der Waals surface area contributed by atoms with E-state index >= 15 is 0 Å². The average molecular weight is 405 g/mol. The van der Waals surface area contributed by atoms with Crippen molar-refractivity contribution < 1.29 is 14.3 Å². The Kier molecular flexibility index (Phi) is 5.38. The monoisotopic (exact) mass is 405 g/mol. The predicted octanol–water partition coefficient (Wildman–Crippen LogP) is 3.61. The number of rotatable bonds is 6. The Bertz CT molecular complexity index is 1110. The third kappa shape index (κ3) is 3.47. The molecule has 8 nitrogen and oxygen atoms in total. The second kappa shape index (κ2) is 8.28. The highest BCUT2D eigenvalue weighted by molar-refractivity contribution is 6.06. The van der Waals surface area contributed by atoms with Gasteiger partial charge in [0.05, 0.1) is 25.0 Å². The first kappa shape index (κ1) is 19.5. The highest BCUT2D eigenvalue weighted by atomic mass is 16.5. The van der Waals surface area contributed by atoms with Crippen molar-refractivity contribution in [1.82, 2.24) is 14.8 Å². The Labute approximate surface area is 174 Å². The van der Waals surface area contributed by atoms with Gasteiger partial charge in [0.15, 0.2) is 0 Å². The second-order valence-corrected chi connectivity index (χ2v) is 6.72. The topological polar surface area (TPSA) is 90.3 Å². The van der Waals surface area contributed by atoms with Gasteiger partial charge in [-0.25, -0.2) is 4.68 Å². The number of para-hydroxylation sites is 3. The van der Waals surface area contributed by atoms with Crippen LogP contribution in [0.15, 0.2) is 66.1 Å². The smallest absolute Gasteiger partial charge is 0.255 e. The van der Waals surface area contributed by atoms with E-state index in [4.69, 9.17) is 9.47 Å². The van der Waals surface area contributed by atoms with Gasteiger partial charge in [-0.1, -0.05) is 30.3 Å². The molecule has 0 spiro atoms. The van der Waals surface area contributed by atoms with Gasteiger partial charge in [0.2, 0.25) is 5.95 Å². The molecule has 154 valence electrons. The number of hydrogen-bond acceptors (Lipinski definition) is 6. The number of benzene rings is 2. The van der Waals surface area contributed by atoms with E-state index in [0.29, 0.717) is 41.0 Å². The number of anilines is 2. The summed E-state index contributed by atoms with van der Waals surface area (Å²) in [6.07, 6.45) is 1.47. The zero-order valence-corrected chi connectivity index (χ0v) is 17.0. The van der Waals surface area contributed by atoms with Gasteiger partial charge in [-0.15, -0.1) is 0 Å². The lowest BCUT2D eigenvalue weighted by atomic mass is 9.94. The van der Waals surface area contributed by atoms with Crippen LogP contribution in [0.2, 0.25) is 0 Å². The van der Waals surface area contributed by atoms with Gasteiger partial charge < -0.3 is 20.1 Å². The van der Waals surface area contributed by atoms with Gasteiger partial charge in [0.1, 0.15) is 23.9 Å². The summed E-state index contributed by atoms with van der Waals surface area (Å²) >= 11 is 0. The first-order valence-electron chi connectivity index (χ1n) is 9.67. The lowest BCUT2D eigenvalue weighted by molar-refractivity contribution is -0.113. The van der Waals surface area contributed by atoms with Gasteiger partial charge in [0.25, 0.3) is 5.91 Å². The standard InChI is InChI=1S/C22H23N5O3/c1-4-30-17-11-7-5-9-15(17)20-19(14(2)25-22-23-13-24-27(20)22)21(28)26-16-10-6-8-12-18(16)29-3/h5-13,20H,4H2,1-3H3,(H,26,28)(H,23,24,25). The van der Waals surface area contributed by atoms with Crippen molar-refractivity contribution in [2.75, 3.05) is 24.4 Å². The van der Waals surface area contributed by atoms with Crippen LogP contribution in [-0.2, 0) is 4.79 Å². The minimum atomic E-state index is -0.499. The van der Waals surface area contributed by atoms with Crippen molar-refractivity contribution in [1.29, 1.82) is 0 Å². The van der Waals surface area contributed by atoms with Crippen molar-refractivity contribution >= 4 is 17.5 Å². The molecule has 1 aliphatic rings. The van der Waals surface area contributed by atoms with Crippen molar-refractivity contribution in [2.45, 2.75) is 19.9 Å². The van der Waals surface area contributed by atoms with E-state index in [1.165, 1.54) is 6.33 Å². The third-order valence-corrected chi connectivity index (χ3v) is 4.91. The maximum atomic E-state index is 13.5. The SMILES string of the molecule is CCOc1ccccc1C1C(C(=O)Nc2ccccc2OC)=C(C)Nc2ncnn21. The summed E-state index contributed by atoms with van der Waals surface area (Å²) < 4.78 is 12.9. The lowest BCUT2D eigenvalue weighted by Gasteiger charge is -2.29. The van der Waals surface area contributed by atoms with Crippen molar-refractivity contribution in [2.24, 2.45) is 0 Å². The van der Waals surface area contributed by atoms with Gasteiger partial charge in [-0.05, 0) is 32.0 Å². The van der Waals surface area contributed by atoms with Crippen LogP contribution in [0.1, 0.15) is 25.5 Å². The molecule has 0 saturated carbocycles. The molecule has 4 rings (SSSR count). The predicted molar refractivity (Wildman–Crippen MR) is 114 cm³/mol. The number of ether oxygens (including phenoxy) is 2. The van der Waals surface area contributed by atoms with Crippen molar-refractivity contribution in [3.63, 3.8) is 0 Å². The summed E-state index contributed by atoms with van der Waals surface area (Å²) in [7, 11) is 1.57. The molecule has 0 radical (unpaired) electrons. The molecule has 30 heavy (non-hydrogen) atoms. The normalized spacial score (nSPS) is 15.2. The number of methoxy groups -OCH3 is 1. The largest absolute Gasteiger partial charge is 0.495 e. The molecule has 0 bridgehead atoms. The number of amides is 1. The molecule has 0 aliphatic carbocycles. The second-order valence-electron chi connectivity index (χ2n) is 6.72. The Hall–Kier alpha value is -3.81. The number of hydrogen-bond donors (Lipinski definition) is 2. The Morgan fingerprint density at radius 3 is 2.67 bits per heavy atom. The van der Waals surface area contributed by atoms with Crippen molar-refractivity contribution in [3.8, 4) is 11.5 Å². The number of allylic oxidation sites excluding steroid dienone is 1. The van der Waals surface area contributed by atoms with Gasteiger partial charge in [0, 0.05) is 11.3 Å². The first-order chi connectivity index (χ1) is 14.6. The number of carbonyl (C=O) groups is 1. The fraction of sp³-hybridized carbons (Fsp3) is 0.227. The zero-order chi connectivity index (χ0) is 21.1. The van der Waals surface area contributed by atoms with Crippen LogP contribution in [0.25, 0.3) is 0 Å². The summed E-state index contributed by atoms with van der Waals surface area (Å²) in [5, 5.41) is 10.5. The summed E-state index contributed by atoms with van der Waals surface area (Å²) in [5.74, 6) is 1.59. The number of nitrogens with one attached hydrogen (secondary N) is 2. The molecule has 8 heteroatoms. The highest BCUT2D eigenvalue weighted by Crippen LogP contribution is 2.39. The molecule has 1 aromatic heterocycles. The van der Waals surface area contributed by atoms with Gasteiger partial charge >= 0.3 is 0 Å². The van der Waals surface area contributed by atoms with E-state index in [-0.39, 0.29) is 5.91 Å². The molecule has 0 fully saturated rings. The molecule has 1 unspecified atom stereocenters. The van der Waals surface area contributed by atoms with E-state index < -0.39 is 6.04 Å². The molecule has 3 aromatic rings. The third-order valence-electron chi connectivity index (χ3n) is 4.91. The Morgan fingerprint density at radius 1 is 1.17 bits per heavy atom. The summed E-state index contributed by atoms with van der Waals surface area (Å²) in [6.45, 7) is 4.29. The quantitative estimate of drug-likeness (QED) is 0.651. The fourth-order valence-electron chi connectivity index (χ4n) is 3.60. The molecule has 2 aromatic carbocycles. The van der Waals surface area contributed by atoms with E-state index in [9.17, 15) is 4.79 Å². The van der Waals surface area contributed by atoms with E-state index in [0.717, 1.165) is 5.56 Å². The first-order valence-corrected chi connectivity index (χ1v) is 9.67. The molecular formula is C22H23N5O3. The minimum Gasteiger partial charge on any atom is -0.495 e. The number of nitrogens with zero attached hydrogens (tertiary/aromatic N) is 3. The fourth-order valence-corrected chi connectivity index (χ4v) is 3.60. The van der Waals surface area contributed by atoms with E-state index in [1.54, 1.807) is 23.9 Å². The maximum absolute atomic E-state index is 13.5. The van der Waals surface area contributed by atoms with Crippen LogP contribution in [0.3, 0.4) is 0 Å². The van der Waals surface area contributed by atoms with Gasteiger partial charge in [-0.3, -0.25) is 4.79 Å². The van der Waals surface area contributed by atoms with Crippen molar-refractivity contribution in [3.05, 3.63) is 71.7 Å². The van der Waals surface area contributed by atoms with Crippen LogP contribution in [0, 0.1) is 0 Å². The Balaban J connectivity index is 1.80. The van der Waals surface area contributed by atoms with Gasteiger partial charge in [-0.2, -0.15) is 10.1 Å². The number of aromatic nitrogens is 3. The summed E-state index contributed by atoms with van der Waals surface area (Å²) in [6, 6.07) is 14.4. The highest BCUT2D eigenvalue weighted by Gasteiger charge is 2.35. The molecule has 1 amide bonds. The number of fused-ring (bicyclic) bond motifs is 1. The van der Waals surface area contributed by atoms with E-state index in [2.05, 4.69) is 20.7 Å². The molecule has 2 N–H and O–H groups in total.